The summed E-state index contributed by atoms with van der Waals surface area (Å²) in [7, 11) is 0. The van der Waals surface area contributed by atoms with E-state index in [9.17, 15) is 0 Å². The molecule has 0 fully saturated rings. The van der Waals surface area contributed by atoms with Gasteiger partial charge in [0.1, 0.15) is 5.75 Å². The van der Waals surface area contributed by atoms with Crippen molar-refractivity contribution in [3.8, 4) is 74.3 Å². The van der Waals surface area contributed by atoms with E-state index in [0.717, 1.165) is 129 Å². The van der Waals surface area contributed by atoms with Crippen molar-refractivity contribution >= 4 is 43.4 Å². The molecular weight excluding hydrogens is 1060 g/mol. The molecule has 0 saturated carbocycles. The molecule has 0 aliphatic carbocycles. The molecule has 0 amide bonds. The number of fused-ring (bicyclic) bond motifs is 17. The van der Waals surface area contributed by atoms with Crippen LogP contribution in [0.25, 0.3) is 84.7 Å². The predicted octanol–water partition coefficient (Wildman–Crippen LogP) is 15.4. The average molecular weight is 1140 g/mol. The molecule has 16 nitrogen and oxygen atoms in total. The average Bonchev–Trinajstić information content (AvgIpc) is 4.41. The normalized spacial score (nSPS) is 12.0. The molecule has 3 aromatic carbocycles. The summed E-state index contributed by atoms with van der Waals surface area (Å²) in [5.41, 5.74) is 5.33. The Morgan fingerprint density at radius 2 is 0.887 bits per heavy atom. The van der Waals surface area contributed by atoms with E-state index in [1.807, 2.05) is 48.5 Å². The van der Waals surface area contributed by atoms with Crippen LogP contribution < -0.4 is 23.7 Å². The fourth-order valence-electron chi connectivity index (χ4n) is 9.13. The zero-order valence-corrected chi connectivity index (χ0v) is 51.7. The summed E-state index contributed by atoms with van der Waals surface area (Å²) in [5.74, 6) is 5.13. The third kappa shape index (κ3) is 14.2. The second-order valence-corrected chi connectivity index (χ2v) is 21.5. The first kappa shape index (κ1) is 59.7. The Labute approximate surface area is 481 Å². The fraction of sp³-hybridized carbons (Fsp3) is 0.508. The SMILES string of the molecule is CCCCO[C](=[Zn])/C(OCCCC)=C(/OCCCC)c1cc2nc3nc(nc4[nH]c(nc5nc(nc1[nH]2)-c1c(OCCCC)c(OCCCC)c(OCCCC)c(OCCCC)c1-5)c1c(OCCCC)cccc41)-c1ccccc1-3. The van der Waals surface area contributed by atoms with Crippen LogP contribution >= 0.6 is 0 Å². The Morgan fingerprint density at radius 1 is 0.425 bits per heavy atom. The van der Waals surface area contributed by atoms with E-state index >= 15 is 0 Å². The first-order valence-corrected chi connectivity index (χ1v) is 31.3. The minimum absolute atomic E-state index is 0.307. The Morgan fingerprint density at radius 3 is 1.45 bits per heavy atom. The number of ether oxygens (including phenoxy) is 8. The zero-order valence-electron chi connectivity index (χ0n) is 48.7. The Bertz CT molecular complexity index is 3250. The van der Waals surface area contributed by atoms with Crippen molar-refractivity contribution in [2.45, 2.75) is 158 Å². The molecule has 424 valence electrons. The van der Waals surface area contributed by atoms with Gasteiger partial charge < -0.3 is 4.74 Å². The molecule has 5 heterocycles. The Balaban J connectivity index is 1.60. The Kier molecular flexibility index (Phi) is 22.7. The molecule has 0 spiro atoms. The zero-order chi connectivity index (χ0) is 56.2. The maximum atomic E-state index is 7.03. The summed E-state index contributed by atoms with van der Waals surface area (Å²) in [6.45, 7) is 20.8. The van der Waals surface area contributed by atoms with Crippen molar-refractivity contribution in [1.29, 1.82) is 0 Å². The minimum atomic E-state index is 0.307. The first-order chi connectivity index (χ1) is 39.3. The number of hydrogen-bond donors (Lipinski definition) is 2. The number of nitrogens with zero attached hydrogens (tertiary/aromatic N) is 6. The molecule has 80 heavy (non-hydrogen) atoms. The molecule has 0 saturated heterocycles. The third-order valence-corrected chi connectivity index (χ3v) is 14.8. The van der Waals surface area contributed by atoms with Gasteiger partial charge in [0.05, 0.1) is 13.2 Å². The summed E-state index contributed by atoms with van der Waals surface area (Å²) in [4.78, 5) is 39.7. The maximum absolute atomic E-state index is 7.03. The van der Waals surface area contributed by atoms with Gasteiger partial charge in [-0.15, -0.1) is 0 Å². The summed E-state index contributed by atoms with van der Waals surface area (Å²) in [6.07, 6.45) is 14.1. The summed E-state index contributed by atoms with van der Waals surface area (Å²) in [6, 6.07) is 16.0. The predicted molar refractivity (Wildman–Crippen MR) is 315 cm³/mol. The molecule has 2 aliphatic heterocycles. The molecule has 8 rings (SSSR count). The van der Waals surface area contributed by atoms with Crippen LogP contribution in [-0.2, 0) is 32.1 Å². The number of aromatic amines is 2. The topological polar surface area (TPSA) is 183 Å². The quantitative estimate of drug-likeness (QED) is 0.0221. The van der Waals surface area contributed by atoms with Crippen LogP contribution in [-0.4, -0.2) is 97.0 Å². The van der Waals surface area contributed by atoms with Crippen LogP contribution in [0.5, 0.6) is 28.7 Å². The van der Waals surface area contributed by atoms with Gasteiger partial charge in [-0.05, 0) is 31.7 Å². The van der Waals surface area contributed by atoms with Gasteiger partial charge in [-0.25, -0.2) is 0 Å². The number of rotatable bonds is 34. The van der Waals surface area contributed by atoms with Gasteiger partial charge >= 0.3 is 344 Å². The number of H-pyrrole nitrogens is 2. The molecule has 0 radical (unpaired) electrons. The molecule has 0 unspecified atom stereocenters. The molecule has 2 N–H and O–H groups in total. The molecule has 8 bridgehead atoms. The van der Waals surface area contributed by atoms with E-state index in [0.29, 0.717) is 174 Å². The fourth-order valence-corrected chi connectivity index (χ4v) is 9.99. The van der Waals surface area contributed by atoms with Crippen LogP contribution in [0.1, 0.15) is 164 Å². The van der Waals surface area contributed by atoms with Crippen molar-refractivity contribution in [2.24, 2.45) is 0 Å². The van der Waals surface area contributed by atoms with Crippen LogP contribution in [0.15, 0.2) is 54.3 Å². The number of benzene rings is 3. The summed E-state index contributed by atoms with van der Waals surface area (Å²) < 4.78 is 55.4. The van der Waals surface area contributed by atoms with E-state index in [4.69, 9.17) is 67.8 Å². The van der Waals surface area contributed by atoms with E-state index in [1.165, 1.54) is 0 Å². The van der Waals surface area contributed by atoms with Crippen LogP contribution in [0.2, 0.25) is 0 Å². The van der Waals surface area contributed by atoms with Crippen LogP contribution in [0.4, 0.5) is 0 Å². The number of unbranched alkanes of at least 4 members (excludes halogenated alkanes) is 8. The third-order valence-electron chi connectivity index (χ3n) is 13.7. The molecular formula is C63H82N8O8Zn. The van der Waals surface area contributed by atoms with E-state index in [-0.39, 0.29) is 0 Å². The molecule has 6 aromatic rings. The summed E-state index contributed by atoms with van der Waals surface area (Å²) in [5, 5.41) is 1.55. The number of nitrogens with one attached hydrogen (secondary N) is 2. The molecule has 0 atom stereocenters. The Hall–Kier alpha value is -6.45. The van der Waals surface area contributed by atoms with E-state index in [2.05, 4.69) is 65.4 Å². The molecule has 17 heteroatoms. The number of hydrogen-bond acceptors (Lipinski definition) is 14. The van der Waals surface area contributed by atoms with Crippen molar-refractivity contribution < 1.29 is 55.7 Å². The van der Waals surface area contributed by atoms with Gasteiger partial charge in [-0.2, -0.15) is 0 Å². The van der Waals surface area contributed by atoms with Crippen molar-refractivity contribution in [1.82, 2.24) is 39.9 Å². The first-order valence-electron chi connectivity index (χ1n) is 29.8. The second kappa shape index (κ2) is 30.4. The second-order valence-electron chi connectivity index (χ2n) is 20.2. The molecule has 2 aliphatic rings. The van der Waals surface area contributed by atoms with Crippen molar-refractivity contribution in [3.63, 3.8) is 0 Å². The standard InChI is InChI=1S/C63H82N8O8.Zn/c1-9-17-32-72-41-47(74-34-19-11-3)52(75-35-20-12-4)45-40-48-64-57-42-28-25-26-29-43(42)58(66-57)67-59-44-30-27-31-46(73-33-18-10-2)49(44)61(68-59)70-63-51-50(62(71-63)69-60(45)65-48)53(76-36-21-13-5)55(78-38-23-15-7)56(79-39-24-16-8)54(51)77-37-22-14-6;/h25-31,40H,9-24,32-39H2,1-8H3,(H2,64,65,66,67,68,69,70,71);/b52-47-;. The van der Waals surface area contributed by atoms with Gasteiger partial charge in [0.2, 0.25) is 0 Å². The summed E-state index contributed by atoms with van der Waals surface area (Å²) >= 11 is 0.693. The van der Waals surface area contributed by atoms with Gasteiger partial charge in [0.15, 0.2) is 0 Å². The van der Waals surface area contributed by atoms with Gasteiger partial charge in [-0.3, -0.25) is 0 Å². The van der Waals surface area contributed by atoms with E-state index < -0.39 is 0 Å². The monoisotopic (exact) mass is 1140 g/mol. The van der Waals surface area contributed by atoms with Gasteiger partial charge in [-0.1, -0.05) is 78.9 Å². The van der Waals surface area contributed by atoms with E-state index in [1.54, 1.807) is 0 Å². The van der Waals surface area contributed by atoms with Crippen LogP contribution in [0, 0.1) is 0 Å². The van der Waals surface area contributed by atoms with Crippen LogP contribution in [0.3, 0.4) is 0 Å². The van der Waals surface area contributed by atoms with Gasteiger partial charge in [0.25, 0.3) is 0 Å². The van der Waals surface area contributed by atoms with Crippen molar-refractivity contribution in [2.75, 3.05) is 52.9 Å². The van der Waals surface area contributed by atoms with Gasteiger partial charge in [0, 0.05) is 5.39 Å². The molecule has 3 aromatic heterocycles. The van der Waals surface area contributed by atoms with Crippen molar-refractivity contribution in [3.05, 3.63) is 59.9 Å². The number of aromatic nitrogens is 8.